The van der Waals surface area contributed by atoms with E-state index in [4.69, 9.17) is 37.0 Å². The van der Waals surface area contributed by atoms with Crippen molar-refractivity contribution in [2.24, 2.45) is 0 Å². The van der Waals surface area contributed by atoms with Crippen LogP contribution in [-0.2, 0) is 65.4 Å². The van der Waals surface area contributed by atoms with Crippen LogP contribution in [0.5, 0.6) is 0 Å². The van der Waals surface area contributed by atoms with Gasteiger partial charge in [0.25, 0.3) is 0 Å². The first-order chi connectivity index (χ1) is 48.7. The minimum Gasteiger partial charge on any atom is -0.462 e. The van der Waals surface area contributed by atoms with E-state index in [1.165, 1.54) is 64.2 Å². The molecule has 100 heavy (non-hydrogen) atoms. The van der Waals surface area contributed by atoms with Gasteiger partial charge < -0.3 is 33.8 Å². The number of ether oxygens (including phenoxy) is 4. The van der Waals surface area contributed by atoms with Crippen LogP contribution in [-0.4, -0.2) is 96.7 Å². The number of phosphoric ester groups is 2. The zero-order chi connectivity index (χ0) is 73.2. The molecule has 0 aromatic rings. The molecule has 0 saturated carbocycles. The molecule has 0 heterocycles. The van der Waals surface area contributed by atoms with Gasteiger partial charge in [-0.15, -0.1) is 0 Å². The van der Waals surface area contributed by atoms with Crippen molar-refractivity contribution in [3.8, 4) is 0 Å². The highest BCUT2D eigenvalue weighted by Gasteiger charge is 2.30. The van der Waals surface area contributed by atoms with Gasteiger partial charge in [0.15, 0.2) is 12.2 Å². The molecule has 0 aliphatic heterocycles. The summed E-state index contributed by atoms with van der Waals surface area (Å²) < 4.78 is 68.5. The number of allylic oxidation sites excluding steroid dienone is 18. The molecule has 0 aliphatic carbocycles. The highest BCUT2D eigenvalue weighted by molar-refractivity contribution is 7.47. The first-order valence-electron chi connectivity index (χ1n) is 39.1. The molecule has 0 aromatic carbocycles. The number of hydrogen-bond acceptors (Lipinski definition) is 15. The minimum atomic E-state index is -4.98. The smallest absolute Gasteiger partial charge is 0.462 e. The Hall–Kier alpha value is -4.28. The van der Waals surface area contributed by atoms with Crippen LogP contribution in [0.3, 0.4) is 0 Å². The second-order valence-corrected chi connectivity index (χ2v) is 28.8. The second-order valence-electron chi connectivity index (χ2n) is 25.9. The second kappa shape index (κ2) is 73.0. The molecule has 3 N–H and O–H groups in total. The Morgan fingerprint density at radius 2 is 0.540 bits per heavy atom. The van der Waals surface area contributed by atoms with Crippen LogP contribution in [0.1, 0.15) is 323 Å². The highest BCUT2D eigenvalue weighted by atomic mass is 31.2. The minimum absolute atomic E-state index is 0.0718. The maximum atomic E-state index is 13.1. The molecular formula is C81H140O17P2. The normalized spacial score (nSPS) is 14.5. The van der Waals surface area contributed by atoms with Crippen molar-refractivity contribution in [1.29, 1.82) is 0 Å². The van der Waals surface area contributed by atoms with E-state index < -0.39 is 97.5 Å². The molecule has 0 spiro atoms. The SMILES string of the molecule is CC/C=C\C/C=C\C/C=C\C/C=C\CCCCCCC(=O)OCC(COP(=O)(O)OCC(O)COP(=O)(O)OCC(COC(=O)CCCCCCC/C=C\C/C=C\C/C=C\CC)OC(=O)CCCCCCCCCCCCCCCCC)OC(=O)CCCCCCC/C=C\C/C=C\CCC. The summed E-state index contributed by atoms with van der Waals surface area (Å²) in [5.41, 5.74) is 0. The number of aliphatic hydroxyl groups excluding tert-OH is 1. The Balaban J connectivity index is 5.37. The fourth-order valence-electron chi connectivity index (χ4n) is 10.3. The number of carbonyl (C=O) groups is 4. The van der Waals surface area contributed by atoms with Gasteiger partial charge in [-0.25, -0.2) is 9.13 Å². The topological polar surface area (TPSA) is 237 Å². The lowest BCUT2D eigenvalue weighted by atomic mass is 10.0. The number of hydrogen-bond donors (Lipinski definition) is 3. The lowest BCUT2D eigenvalue weighted by Gasteiger charge is -2.21. The number of aliphatic hydroxyl groups is 1. The van der Waals surface area contributed by atoms with Crippen LogP contribution in [0.15, 0.2) is 109 Å². The van der Waals surface area contributed by atoms with Crippen molar-refractivity contribution < 1.29 is 80.2 Å². The van der Waals surface area contributed by atoms with Gasteiger partial charge in [0.05, 0.1) is 26.4 Å². The summed E-state index contributed by atoms with van der Waals surface area (Å²) in [4.78, 5) is 72.9. The van der Waals surface area contributed by atoms with Gasteiger partial charge in [0.1, 0.15) is 19.3 Å². The van der Waals surface area contributed by atoms with E-state index in [1.54, 1.807) is 0 Å². The van der Waals surface area contributed by atoms with Gasteiger partial charge in [0, 0.05) is 25.7 Å². The third kappa shape index (κ3) is 72.1. The summed E-state index contributed by atoms with van der Waals surface area (Å²) in [6, 6.07) is 0. The molecule has 576 valence electrons. The van der Waals surface area contributed by atoms with Crippen molar-refractivity contribution in [1.82, 2.24) is 0 Å². The molecule has 0 bridgehead atoms. The van der Waals surface area contributed by atoms with Crippen LogP contribution in [0.2, 0.25) is 0 Å². The van der Waals surface area contributed by atoms with Gasteiger partial charge >= 0.3 is 39.5 Å². The van der Waals surface area contributed by atoms with Gasteiger partial charge in [0.2, 0.25) is 0 Å². The van der Waals surface area contributed by atoms with Gasteiger partial charge in [-0.2, -0.15) is 0 Å². The molecule has 0 fully saturated rings. The summed E-state index contributed by atoms with van der Waals surface area (Å²) in [5.74, 6) is -2.22. The average Bonchev–Trinajstić information content (AvgIpc) is 0.965. The number of esters is 4. The first kappa shape index (κ1) is 95.7. The van der Waals surface area contributed by atoms with Crippen molar-refractivity contribution in [3.05, 3.63) is 109 Å². The molecule has 0 aromatic heterocycles. The van der Waals surface area contributed by atoms with Crippen LogP contribution < -0.4 is 0 Å². The Bertz CT molecular complexity index is 2320. The summed E-state index contributed by atoms with van der Waals surface area (Å²) in [7, 11) is -9.96. The lowest BCUT2D eigenvalue weighted by Crippen LogP contribution is -2.30. The van der Waals surface area contributed by atoms with E-state index in [0.29, 0.717) is 25.7 Å². The molecule has 5 atom stereocenters. The molecule has 17 nitrogen and oxygen atoms in total. The molecule has 0 aliphatic rings. The summed E-state index contributed by atoms with van der Waals surface area (Å²) in [5, 5.41) is 10.6. The van der Waals surface area contributed by atoms with Crippen molar-refractivity contribution in [2.75, 3.05) is 39.6 Å². The summed E-state index contributed by atoms with van der Waals surface area (Å²) in [6.07, 6.45) is 77.8. The zero-order valence-electron chi connectivity index (χ0n) is 62.8. The van der Waals surface area contributed by atoms with Crippen molar-refractivity contribution >= 4 is 39.5 Å². The number of unbranched alkanes of at least 4 members (excludes halogenated alkanes) is 29. The molecule has 0 amide bonds. The van der Waals surface area contributed by atoms with E-state index in [9.17, 15) is 43.2 Å². The Morgan fingerprint density at radius 1 is 0.290 bits per heavy atom. The molecule has 0 saturated heterocycles. The number of carbonyl (C=O) groups excluding carboxylic acids is 4. The largest absolute Gasteiger partial charge is 0.472 e. The monoisotopic (exact) mass is 1450 g/mol. The van der Waals surface area contributed by atoms with Crippen molar-refractivity contribution in [3.63, 3.8) is 0 Å². The number of rotatable bonds is 73. The van der Waals surface area contributed by atoms with Crippen LogP contribution in [0.4, 0.5) is 0 Å². The summed E-state index contributed by atoms with van der Waals surface area (Å²) in [6.45, 7) is 4.55. The number of phosphoric acid groups is 2. The molecule has 0 rings (SSSR count). The first-order valence-corrected chi connectivity index (χ1v) is 42.1. The van der Waals surface area contributed by atoms with Crippen LogP contribution in [0.25, 0.3) is 0 Å². The Kier molecular flexibility index (Phi) is 69.9. The predicted octanol–water partition coefficient (Wildman–Crippen LogP) is 22.6. The van der Waals surface area contributed by atoms with Gasteiger partial charge in [-0.1, -0.05) is 285 Å². The third-order valence-corrected chi connectivity index (χ3v) is 18.1. The van der Waals surface area contributed by atoms with E-state index in [1.807, 2.05) is 0 Å². The van der Waals surface area contributed by atoms with E-state index in [0.717, 1.165) is 180 Å². The predicted molar refractivity (Wildman–Crippen MR) is 408 cm³/mol. The fraction of sp³-hybridized carbons (Fsp3) is 0.728. The maximum Gasteiger partial charge on any atom is 0.472 e. The molecular weight excluding hydrogens is 1310 g/mol. The van der Waals surface area contributed by atoms with Gasteiger partial charge in [-0.05, 0) is 122 Å². The molecule has 5 unspecified atom stereocenters. The van der Waals surface area contributed by atoms with Gasteiger partial charge in [-0.3, -0.25) is 37.3 Å². The standard InChI is InChI=1S/C81H140O17P2/c1-5-9-13-17-21-25-29-33-36-37-40-43-46-50-54-58-62-66-79(84)92-71-76(97-80(85)67-63-59-55-51-47-41-32-28-24-20-16-12-8-4)73-95-99(87,88)93-69-75(82)70-94-100(89,90)96-74-77(98-81(86)68-64-60-56-52-48-44-39-35-31-27-23-19-15-11-7-3)72-91-78(83)65-61-57-53-49-45-42-38-34-30-26-22-18-14-10-6-2/h9-10,13-14,16,20-22,25-26,28,32-34,36,38,40,43,75-77,82H,5-8,11-12,15,17-19,23-24,27,29-31,35,37,39,41-42,44-74H2,1-4H3,(H,87,88)(H,89,90)/b13-9-,14-10-,20-16-,25-21-,26-22-,32-28-,36-33-,38-34-,43-40-. The quantitative estimate of drug-likeness (QED) is 0.0169. The molecule has 0 radical (unpaired) electrons. The highest BCUT2D eigenvalue weighted by Crippen LogP contribution is 2.45. The molecule has 19 heteroatoms. The van der Waals surface area contributed by atoms with E-state index >= 15 is 0 Å². The maximum absolute atomic E-state index is 13.1. The van der Waals surface area contributed by atoms with Crippen LogP contribution >= 0.6 is 15.6 Å². The van der Waals surface area contributed by atoms with E-state index in [2.05, 4.69) is 137 Å². The lowest BCUT2D eigenvalue weighted by molar-refractivity contribution is -0.161. The third-order valence-electron chi connectivity index (χ3n) is 16.2. The average molecular weight is 1450 g/mol. The Labute approximate surface area is 607 Å². The Morgan fingerprint density at radius 3 is 0.840 bits per heavy atom. The summed E-state index contributed by atoms with van der Waals surface area (Å²) >= 11 is 0. The van der Waals surface area contributed by atoms with Crippen molar-refractivity contribution in [2.45, 2.75) is 341 Å². The zero-order valence-corrected chi connectivity index (χ0v) is 64.6. The van der Waals surface area contributed by atoms with E-state index in [-0.39, 0.29) is 25.7 Å². The van der Waals surface area contributed by atoms with Crippen LogP contribution in [0, 0.1) is 0 Å². The fourth-order valence-corrected chi connectivity index (χ4v) is 11.9.